The van der Waals surface area contributed by atoms with E-state index in [1.54, 1.807) is 24.3 Å². The van der Waals surface area contributed by atoms with Gasteiger partial charge in [0.25, 0.3) is 5.91 Å². The molecule has 25 heavy (non-hydrogen) atoms. The third-order valence-electron chi connectivity index (χ3n) is 3.61. The minimum atomic E-state index is -1.37. The summed E-state index contributed by atoms with van der Waals surface area (Å²) in [5.74, 6) is -2.16. The summed E-state index contributed by atoms with van der Waals surface area (Å²) in [6.07, 6.45) is 1.55. The Balaban J connectivity index is 1.77. The van der Waals surface area contributed by atoms with E-state index >= 15 is 0 Å². The van der Waals surface area contributed by atoms with Gasteiger partial charge >= 0.3 is 0 Å². The molecule has 124 valence electrons. The molecule has 1 amide bonds. The van der Waals surface area contributed by atoms with Gasteiger partial charge in [-0.25, -0.2) is 4.98 Å². The van der Waals surface area contributed by atoms with E-state index in [-0.39, 0.29) is 6.42 Å². The number of fused-ring (bicyclic) bond motifs is 1. The smallest absolute Gasteiger partial charge is 0.250 e. The molecule has 1 aromatic carbocycles. The molecule has 0 radical (unpaired) electrons. The number of aromatic nitrogens is 1. The number of halogens is 1. The molecule has 2 heterocycles. The predicted octanol–water partition coefficient (Wildman–Crippen LogP) is 3.95. The van der Waals surface area contributed by atoms with Crippen LogP contribution in [0, 0.1) is 17.2 Å². The molecule has 5 nitrogen and oxygen atoms in total. The topological polar surface area (TPSA) is 82.8 Å². The Morgan fingerprint density at radius 2 is 2.16 bits per heavy atom. The second kappa shape index (κ2) is 7.55. The fraction of sp³-hybridized carbons (Fsp3) is 0.111. The van der Waals surface area contributed by atoms with Gasteiger partial charge in [-0.3, -0.25) is 9.59 Å². The molecule has 3 rings (SSSR count). The van der Waals surface area contributed by atoms with Crippen molar-refractivity contribution in [3.63, 3.8) is 0 Å². The molecular formula is C18H12BrN3O2S. The predicted molar refractivity (Wildman–Crippen MR) is 100 cm³/mol. The van der Waals surface area contributed by atoms with Gasteiger partial charge in [-0.05, 0) is 46.7 Å². The van der Waals surface area contributed by atoms with Crippen LogP contribution in [0.2, 0.25) is 0 Å². The van der Waals surface area contributed by atoms with Crippen LogP contribution in [0.4, 0.5) is 5.82 Å². The number of nitriles is 1. The molecule has 0 saturated carbocycles. The van der Waals surface area contributed by atoms with Gasteiger partial charge in [0, 0.05) is 21.8 Å². The number of Topliss-reactive ketones (excluding diaryl/α,β-unsaturated/α-hetero) is 1. The van der Waals surface area contributed by atoms with Crippen molar-refractivity contribution in [3.05, 3.63) is 58.0 Å². The highest BCUT2D eigenvalue weighted by molar-refractivity contribution is 9.10. The van der Waals surface area contributed by atoms with Gasteiger partial charge in [-0.2, -0.15) is 5.26 Å². The van der Waals surface area contributed by atoms with Crippen molar-refractivity contribution in [2.45, 2.75) is 6.42 Å². The number of ketones is 1. The van der Waals surface area contributed by atoms with Gasteiger partial charge in [0.15, 0.2) is 11.7 Å². The normalized spacial score (nSPS) is 11.7. The number of carbonyl (C=O) groups is 2. The Morgan fingerprint density at radius 1 is 1.32 bits per heavy atom. The van der Waals surface area contributed by atoms with Crippen molar-refractivity contribution in [3.8, 4) is 6.07 Å². The van der Waals surface area contributed by atoms with E-state index in [1.807, 2.05) is 23.6 Å². The summed E-state index contributed by atoms with van der Waals surface area (Å²) >= 11 is 4.95. The van der Waals surface area contributed by atoms with Gasteiger partial charge in [0.2, 0.25) is 0 Å². The van der Waals surface area contributed by atoms with Crippen LogP contribution in [0.15, 0.2) is 52.4 Å². The first-order chi connectivity index (χ1) is 12.1. The number of hydrogen-bond donors (Lipinski definition) is 1. The Morgan fingerprint density at radius 3 is 2.88 bits per heavy atom. The van der Waals surface area contributed by atoms with E-state index in [0.717, 1.165) is 20.1 Å². The lowest BCUT2D eigenvalue weighted by molar-refractivity contribution is -0.128. The van der Waals surface area contributed by atoms with Crippen LogP contribution in [0.5, 0.6) is 0 Å². The highest BCUT2D eigenvalue weighted by Crippen LogP contribution is 2.29. The van der Waals surface area contributed by atoms with Crippen LogP contribution >= 0.6 is 27.3 Å². The summed E-state index contributed by atoms with van der Waals surface area (Å²) in [5.41, 5.74) is 0.817. The minimum Gasteiger partial charge on any atom is -0.309 e. The van der Waals surface area contributed by atoms with Gasteiger partial charge in [-0.1, -0.05) is 22.0 Å². The molecule has 1 N–H and O–H groups in total. The van der Waals surface area contributed by atoms with Crippen LogP contribution in [-0.4, -0.2) is 16.7 Å². The van der Waals surface area contributed by atoms with Gasteiger partial charge in [-0.15, -0.1) is 11.3 Å². The lowest BCUT2D eigenvalue weighted by Crippen LogP contribution is -2.29. The quantitative estimate of drug-likeness (QED) is 0.641. The van der Waals surface area contributed by atoms with Gasteiger partial charge in [0.05, 0.1) is 6.07 Å². The largest absolute Gasteiger partial charge is 0.309 e. The molecule has 0 saturated heterocycles. The van der Waals surface area contributed by atoms with E-state index in [0.29, 0.717) is 5.82 Å². The van der Waals surface area contributed by atoms with Crippen molar-refractivity contribution in [1.29, 1.82) is 5.26 Å². The number of hydrogen-bond acceptors (Lipinski definition) is 5. The fourth-order valence-electron chi connectivity index (χ4n) is 2.39. The maximum absolute atomic E-state index is 12.5. The molecule has 0 fully saturated rings. The summed E-state index contributed by atoms with van der Waals surface area (Å²) in [7, 11) is 0. The van der Waals surface area contributed by atoms with E-state index < -0.39 is 17.6 Å². The summed E-state index contributed by atoms with van der Waals surface area (Å²) in [6, 6.07) is 12.7. The highest BCUT2D eigenvalue weighted by Gasteiger charge is 2.27. The van der Waals surface area contributed by atoms with Crippen molar-refractivity contribution >= 4 is 54.9 Å². The minimum absolute atomic E-state index is 0.0321. The second-order valence-electron chi connectivity index (χ2n) is 5.31. The fourth-order valence-corrected chi connectivity index (χ4v) is 3.70. The van der Waals surface area contributed by atoms with Crippen LogP contribution in [-0.2, 0) is 16.0 Å². The van der Waals surface area contributed by atoms with Crippen LogP contribution in [0.3, 0.4) is 0 Å². The molecule has 0 aliphatic heterocycles. The molecule has 2 aromatic heterocycles. The average Bonchev–Trinajstić information content (AvgIpc) is 2.98. The number of carbonyl (C=O) groups excluding carboxylic acids is 2. The van der Waals surface area contributed by atoms with Crippen LogP contribution in [0.25, 0.3) is 10.1 Å². The van der Waals surface area contributed by atoms with E-state index in [2.05, 4.69) is 26.2 Å². The number of rotatable bonds is 5. The molecule has 0 spiro atoms. The van der Waals surface area contributed by atoms with Crippen molar-refractivity contribution in [1.82, 2.24) is 4.98 Å². The molecular weight excluding hydrogens is 402 g/mol. The van der Waals surface area contributed by atoms with Crippen molar-refractivity contribution < 1.29 is 9.59 Å². The summed E-state index contributed by atoms with van der Waals surface area (Å²) in [5, 5.41) is 14.6. The Labute approximate surface area is 156 Å². The number of thiophene rings is 1. The zero-order valence-corrected chi connectivity index (χ0v) is 15.3. The van der Waals surface area contributed by atoms with E-state index in [9.17, 15) is 14.9 Å². The lowest BCUT2D eigenvalue weighted by atomic mass is 9.98. The highest BCUT2D eigenvalue weighted by atomic mass is 79.9. The average molecular weight is 414 g/mol. The number of amides is 1. The number of nitrogens with zero attached hydrogens (tertiary/aromatic N) is 2. The first kappa shape index (κ1) is 17.3. The SMILES string of the molecule is N#C[C@@H](C(=O)Cc1csc2ccc(Br)cc12)C(=O)Nc1ccccn1. The summed E-state index contributed by atoms with van der Waals surface area (Å²) in [4.78, 5) is 28.7. The van der Waals surface area contributed by atoms with Gasteiger partial charge in [0.1, 0.15) is 5.82 Å². The summed E-state index contributed by atoms with van der Waals surface area (Å²) < 4.78 is 1.97. The van der Waals surface area contributed by atoms with Crippen molar-refractivity contribution in [2.75, 3.05) is 5.32 Å². The molecule has 0 bridgehead atoms. The second-order valence-corrected chi connectivity index (χ2v) is 7.14. The third kappa shape index (κ3) is 3.92. The Bertz CT molecular complexity index is 979. The molecule has 0 aliphatic rings. The number of anilines is 1. The summed E-state index contributed by atoms with van der Waals surface area (Å²) in [6.45, 7) is 0. The number of nitrogens with one attached hydrogen (secondary N) is 1. The zero-order valence-electron chi connectivity index (χ0n) is 12.9. The van der Waals surface area contributed by atoms with E-state index in [4.69, 9.17) is 0 Å². The Kier molecular flexibility index (Phi) is 5.22. The Hall–Kier alpha value is -2.56. The molecule has 0 aliphatic carbocycles. The first-order valence-electron chi connectivity index (χ1n) is 7.38. The van der Waals surface area contributed by atoms with Crippen LogP contribution < -0.4 is 5.32 Å². The monoisotopic (exact) mass is 413 g/mol. The van der Waals surface area contributed by atoms with Crippen LogP contribution in [0.1, 0.15) is 5.56 Å². The zero-order chi connectivity index (χ0) is 17.8. The van der Waals surface area contributed by atoms with Gasteiger partial charge < -0.3 is 5.32 Å². The maximum Gasteiger partial charge on any atom is 0.250 e. The van der Waals surface area contributed by atoms with E-state index in [1.165, 1.54) is 17.5 Å². The number of benzene rings is 1. The molecule has 7 heteroatoms. The molecule has 0 unspecified atom stereocenters. The standard InChI is InChI=1S/C18H12BrN3O2S/c19-12-4-5-16-13(8-12)11(10-25-16)7-15(23)14(9-20)18(24)22-17-3-1-2-6-21-17/h1-6,8,10,14H,7H2,(H,21,22,24)/t14-/m0/s1. The first-order valence-corrected chi connectivity index (χ1v) is 9.05. The van der Waals surface area contributed by atoms with Crippen molar-refractivity contribution in [2.24, 2.45) is 5.92 Å². The molecule has 3 aromatic rings. The third-order valence-corrected chi connectivity index (χ3v) is 5.12. The lowest BCUT2D eigenvalue weighted by Gasteiger charge is -2.09. The molecule has 1 atom stereocenters. The number of pyridine rings is 1. The maximum atomic E-state index is 12.5.